The number of H-pyrrole nitrogens is 1. The van der Waals surface area contributed by atoms with E-state index in [1.54, 1.807) is 6.33 Å². The molecule has 0 amide bonds. The molecular weight excluding hydrogens is 408 g/mol. The molecule has 0 saturated heterocycles. The Morgan fingerprint density at radius 1 is 0.818 bits per heavy atom. The van der Waals surface area contributed by atoms with E-state index in [0.29, 0.717) is 0 Å². The predicted octanol–water partition coefficient (Wildman–Crippen LogP) is 5.82. The zero-order chi connectivity index (χ0) is 22.7. The van der Waals surface area contributed by atoms with E-state index in [9.17, 15) is 0 Å². The molecule has 33 heavy (non-hydrogen) atoms. The van der Waals surface area contributed by atoms with Gasteiger partial charge in [0.1, 0.15) is 17.8 Å². The molecule has 0 saturated carbocycles. The monoisotopic (exact) mass is 442 g/mol. The van der Waals surface area contributed by atoms with Gasteiger partial charge in [0.25, 0.3) is 0 Å². The molecule has 6 heteroatoms. The second-order valence-corrected chi connectivity index (χ2v) is 8.32. The van der Waals surface area contributed by atoms with Crippen LogP contribution in [0, 0.1) is 0 Å². The summed E-state index contributed by atoms with van der Waals surface area (Å²) in [5.74, 6) is 0.840. The lowest BCUT2D eigenvalue weighted by molar-refractivity contribution is 0.605. The fourth-order valence-corrected chi connectivity index (χ4v) is 3.88. The number of unbranched alkanes of at least 4 members (excludes halogenated alkanes) is 3. The molecule has 0 aliphatic heterocycles. The van der Waals surface area contributed by atoms with Gasteiger partial charge in [0.15, 0.2) is 0 Å². The lowest BCUT2D eigenvalue weighted by Crippen LogP contribution is -2.23. The Morgan fingerprint density at radius 3 is 2.48 bits per heavy atom. The highest BCUT2D eigenvalue weighted by atomic mass is 15.0. The standard InChI is InChI=1S/C27H34N6/c1-2-3-4-8-15-28-16-17-29-23-13-11-22(12-14-23)25-18-24-26(31-20-32-27(24)33-25)30-19-21-9-6-5-7-10-21/h5-7,9-14,18,20,28-29H,2-4,8,15-17,19H2,1H3,(H2,30,31,32,33). The average Bonchev–Trinajstić information content (AvgIpc) is 3.30. The average molecular weight is 443 g/mol. The van der Waals surface area contributed by atoms with Crippen LogP contribution in [0.1, 0.15) is 38.2 Å². The summed E-state index contributed by atoms with van der Waals surface area (Å²) in [6.07, 6.45) is 6.81. The molecule has 4 N–H and O–H groups in total. The molecule has 0 spiro atoms. The number of hydrogen-bond acceptors (Lipinski definition) is 5. The summed E-state index contributed by atoms with van der Waals surface area (Å²) in [6, 6.07) is 21.0. The van der Waals surface area contributed by atoms with Gasteiger partial charge in [-0.25, -0.2) is 9.97 Å². The maximum Gasteiger partial charge on any atom is 0.143 e. The van der Waals surface area contributed by atoms with Gasteiger partial charge in [-0.05, 0) is 42.3 Å². The zero-order valence-corrected chi connectivity index (χ0v) is 19.4. The Labute approximate surface area is 196 Å². The third-order valence-corrected chi connectivity index (χ3v) is 5.76. The number of fused-ring (bicyclic) bond motifs is 1. The van der Waals surface area contributed by atoms with Gasteiger partial charge in [0.2, 0.25) is 0 Å². The van der Waals surface area contributed by atoms with E-state index in [0.717, 1.165) is 60.0 Å². The highest BCUT2D eigenvalue weighted by Gasteiger charge is 2.09. The largest absolute Gasteiger partial charge is 0.384 e. The normalized spacial score (nSPS) is 11.1. The minimum Gasteiger partial charge on any atom is -0.384 e. The molecule has 0 atom stereocenters. The van der Waals surface area contributed by atoms with Crippen LogP contribution >= 0.6 is 0 Å². The molecule has 0 radical (unpaired) electrons. The molecule has 0 aliphatic rings. The Morgan fingerprint density at radius 2 is 1.67 bits per heavy atom. The van der Waals surface area contributed by atoms with E-state index < -0.39 is 0 Å². The van der Waals surface area contributed by atoms with Crippen molar-refractivity contribution in [1.29, 1.82) is 0 Å². The van der Waals surface area contributed by atoms with Crippen LogP contribution in [0.2, 0.25) is 0 Å². The van der Waals surface area contributed by atoms with Gasteiger partial charge >= 0.3 is 0 Å². The van der Waals surface area contributed by atoms with Crippen molar-refractivity contribution in [2.75, 3.05) is 30.3 Å². The first-order valence-electron chi connectivity index (χ1n) is 12.0. The van der Waals surface area contributed by atoms with Crippen LogP contribution in [0.5, 0.6) is 0 Å². The fourth-order valence-electron chi connectivity index (χ4n) is 3.88. The van der Waals surface area contributed by atoms with E-state index in [2.05, 4.69) is 80.3 Å². The van der Waals surface area contributed by atoms with E-state index in [4.69, 9.17) is 0 Å². The summed E-state index contributed by atoms with van der Waals surface area (Å²) in [5.41, 5.74) is 5.35. The summed E-state index contributed by atoms with van der Waals surface area (Å²) in [7, 11) is 0. The third kappa shape index (κ3) is 6.56. The molecule has 2 aromatic heterocycles. The third-order valence-electron chi connectivity index (χ3n) is 5.76. The van der Waals surface area contributed by atoms with Gasteiger partial charge in [-0.15, -0.1) is 0 Å². The van der Waals surface area contributed by atoms with Crippen molar-refractivity contribution < 1.29 is 0 Å². The summed E-state index contributed by atoms with van der Waals surface area (Å²) in [6.45, 7) is 5.98. The Kier molecular flexibility index (Phi) is 8.30. The number of nitrogens with zero attached hydrogens (tertiary/aromatic N) is 2. The van der Waals surface area contributed by atoms with Crippen molar-refractivity contribution in [2.24, 2.45) is 0 Å². The minimum atomic E-state index is 0.724. The molecule has 4 aromatic rings. The highest BCUT2D eigenvalue weighted by Crippen LogP contribution is 2.27. The van der Waals surface area contributed by atoms with Gasteiger partial charge in [0.05, 0.1) is 5.39 Å². The van der Waals surface area contributed by atoms with E-state index in [-0.39, 0.29) is 0 Å². The fraction of sp³-hybridized carbons (Fsp3) is 0.333. The molecule has 0 aliphatic carbocycles. The van der Waals surface area contributed by atoms with Crippen molar-refractivity contribution in [3.8, 4) is 11.3 Å². The molecule has 0 unspecified atom stereocenters. The number of rotatable bonds is 13. The number of hydrogen-bond donors (Lipinski definition) is 4. The van der Waals surface area contributed by atoms with Crippen LogP contribution < -0.4 is 16.0 Å². The van der Waals surface area contributed by atoms with Crippen LogP contribution in [-0.2, 0) is 6.54 Å². The number of benzene rings is 2. The van der Waals surface area contributed by atoms with Gasteiger partial charge in [-0.1, -0.05) is 68.7 Å². The van der Waals surface area contributed by atoms with Crippen molar-refractivity contribution in [3.63, 3.8) is 0 Å². The first-order valence-corrected chi connectivity index (χ1v) is 12.0. The van der Waals surface area contributed by atoms with Gasteiger partial charge in [-0.2, -0.15) is 0 Å². The topological polar surface area (TPSA) is 77.7 Å². The molecule has 2 heterocycles. The van der Waals surface area contributed by atoms with Gasteiger partial charge in [-0.3, -0.25) is 0 Å². The molecular formula is C27H34N6. The van der Waals surface area contributed by atoms with E-state index >= 15 is 0 Å². The van der Waals surface area contributed by atoms with E-state index in [1.807, 2.05) is 18.2 Å². The maximum atomic E-state index is 4.45. The zero-order valence-electron chi connectivity index (χ0n) is 19.4. The predicted molar refractivity (Wildman–Crippen MR) is 139 cm³/mol. The van der Waals surface area contributed by atoms with Crippen LogP contribution in [-0.4, -0.2) is 34.6 Å². The first kappa shape index (κ1) is 22.8. The van der Waals surface area contributed by atoms with Crippen molar-refractivity contribution in [2.45, 2.75) is 39.2 Å². The number of nitrogens with one attached hydrogen (secondary N) is 4. The second kappa shape index (κ2) is 12.0. The molecule has 0 fully saturated rings. The van der Waals surface area contributed by atoms with Crippen molar-refractivity contribution in [3.05, 3.63) is 72.6 Å². The van der Waals surface area contributed by atoms with Gasteiger partial charge in [0, 0.05) is 31.0 Å². The lowest BCUT2D eigenvalue weighted by Gasteiger charge is -2.08. The first-order chi connectivity index (χ1) is 16.3. The number of aromatic nitrogens is 3. The van der Waals surface area contributed by atoms with Crippen LogP contribution in [0.4, 0.5) is 11.5 Å². The summed E-state index contributed by atoms with van der Waals surface area (Å²) < 4.78 is 0. The van der Waals surface area contributed by atoms with Gasteiger partial charge < -0.3 is 20.9 Å². The SMILES string of the molecule is CCCCCCNCCNc1ccc(-c2cc3c(NCc4ccccc4)ncnc3[nH]2)cc1. The van der Waals surface area contributed by atoms with Crippen molar-refractivity contribution >= 4 is 22.5 Å². The quantitative estimate of drug-likeness (QED) is 0.196. The molecule has 6 nitrogen and oxygen atoms in total. The number of aromatic amines is 1. The Balaban J connectivity index is 1.32. The lowest BCUT2D eigenvalue weighted by atomic mass is 10.1. The number of anilines is 2. The minimum absolute atomic E-state index is 0.724. The summed E-state index contributed by atoms with van der Waals surface area (Å²) >= 11 is 0. The van der Waals surface area contributed by atoms with Crippen molar-refractivity contribution in [1.82, 2.24) is 20.3 Å². The molecule has 2 aromatic carbocycles. The summed E-state index contributed by atoms with van der Waals surface area (Å²) in [4.78, 5) is 12.3. The maximum absolute atomic E-state index is 4.45. The Hall–Kier alpha value is -3.38. The van der Waals surface area contributed by atoms with E-state index in [1.165, 1.54) is 31.2 Å². The van der Waals surface area contributed by atoms with Crippen LogP contribution in [0.25, 0.3) is 22.3 Å². The van der Waals surface area contributed by atoms with Crippen LogP contribution in [0.15, 0.2) is 67.0 Å². The second-order valence-electron chi connectivity index (χ2n) is 8.32. The summed E-state index contributed by atoms with van der Waals surface area (Å²) in [5, 5.41) is 11.4. The molecule has 0 bridgehead atoms. The molecule has 4 rings (SSSR count). The Bertz CT molecular complexity index is 1100. The smallest absolute Gasteiger partial charge is 0.143 e. The molecule has 172 valence electrons. The highest BCUT2D eigenvalue weighted by molar-refractivity contribution is 5.91. The van der Waals surface area contributed by atoms with Crippen LogP contribution in [0.3, 0.4) is 0 Å².